The Balaban J connectivity index is 1.91. The summed E-state index contributed by atoms with van der Waals surface area (Å²) in [5, 5.41) is 19.8. The molecule has 1 amide bonds. The van der Waals surface area contributed by atoms with E-state index in [-0.39, 0.29) is 24.2 Å². The van der Waals surface area contributed by atoms with Gasteiger partial charge in [0.1, 0.15) is 5.75 Å². The van der Waals surface area contributed by atoms with Crippen molar-refractivity contribution in [2.75, 3.05) is 32.8 Å². The highest BCUT2D eigenvalue weighted by molar-refractivity contribution is 6.42. The lowest BCUT2D eigenvalue weighted by atomic mass is 9.99. The van der Waals surface area contributed by atoms with Gasteiger partial charge in [0.05, 0.1) is 23.2 Å². The van der Waals surface area contributed by atoms with E-state index < -0.39 is 0 Å². The molecule has 0 bridgehead atoms. The zero-order chi connectivity index (χ0) is 15.9. The molecule has 3 rings (SSSR count). The van der Waals surface area contributed by atoms with Crippen LogP contribution in [0.15, 0.2) is 23.9 Å². The van der Waals surface area contributed by atoms with Crippen LogP contribution in [0.5, 0.6) is 5.75 Å². The average Bonchev–Trinajstić information content (AvgIpc) is 2.88. The SMILES string of the molecule is O=C1CN(CCO)CC2=C[C@H](c3c(O)ccc(Cl)c3Cl)CN12. The fourth-order valence-electron chi connectivity index (χ4n) is 3.03. The monoisotopic (exact) mass is 342 g/mol. The number of amides is 1. The maximum atomic E-state index is 12.2. The second-order valence-corrected chi connectivity index (χ2v) is 6.28. The summed E-state index contributed by atoms with van der Waals surface area (Å²) in [4.78, 5) is 15.8. The van der Waals surface area contributed by atoms with Crippen molar-refractivity contribution in [1.29, 1.82) is 0 Å². The lowest BCUT2D eigenvalue weighted by molar-refractivity contribution is -0.132. The van der Waals surface area contributed by atoms with Gasteiger partial charge in [-0.2, -0.15) is 0 Å². The minimum Gasteiger partial charge on any atom is -0.508 e. The Morgan fingerprint density at radius 3 is 2.77 bits per heavy atom. The second-order valence-electron chi connectivity index (χ2n) is 5.50. The molecule has 1 fully saturated rings. The number of carbonyl (C=O) groups is 1. The third-order valence-electron chi connectivity index (χ3n) is 4.06. The van der Waals surface area contributed by atoms with Crippen LogP contribution in [0.25, 0.3) is 0 Å². The van der Waals surface area contributed by atoms with E-state index in [0.29, 0.717) is 41.8 Å². The van der Waals surface area contributed by atoms with Crippen LogP contribution in [0.3, 0.4) is 0 Å². The molecule has 1 aromatic carbocycles. The van der Waals surface area contributed by atoms with Crippen molar-refractivity contribution in [3.05, 3.63) is 39.5 Å². The number of aromatic hydroxyl groups is 1. The summed E-state index contributed by atoms with van der Waals surface area (Å²) in [5.41, 5.74) is 1.43. The zero-order valence-electron chi connectivity index (χ0n) is 11.8. The standard InChI is InChI=1S/C15H16Cl2N2O3/c16-11-1-2-12(21)14(15(11)17)9-5-10-7-18(3-4-20)8-13(22)19(10)6-9/h1-2,5,9,20-21H,3-4,6-8H2/t9-/m0/s1. The molecule has 2 N–H and O–H groups in total. The average molecular weight is 343 g/mol. The molecule has 2 aliphatic heterocycles. The van der Waals surface area contributed by atoms with E-state index in [9.17, 15) is 9.90 Å². The van der Waals surface area contributed by atoms with Crippen molar-refractivity contribution in [3.63, 3.8) is 0 Å². The quantitative estimate of drug-likeness (QED) is 0.879. The third-order valence-corrected chi connectivity index (χ3v) is 4.88. The zero-order valence-corrected chi connectivity index (χ0v) is 13.3. The molecule has 118 valence electrons. The Kier molecular flexibility index (Phi) is 4.32. The van der Waals surface area contributed by atoms with Gasteiger partial charge in [0, 0.05) is 36.8 Å². The topological polar surface area (TPSA) is 64.0 Å². The Morgan fingerprint density at radius 2 is 2.05 bits per heavy atom. The van der Waals surface area contributed by atoms with Crippen molar-refractivity contribution in [2.24, 2.45) is 0 Å². The molecule has 2 aliphatic rings. The van der Waals surface area contributed by atoms with E-state index in [4.69, 9.17) is 28.3 Å². The minimum atomic E-state index is -0.181. The van der Waals surface area contributed by atoms with E-state index >= 15 is 0 Å². The van der Waals surface area contributed by atoms with Crippen molar-refractivity contribution in [1.82, 2.24) is 9.80 Å². The van der Waals surface area contributed by atoms with Gasteiger partial charge in [-0.1, -0.05) is 29.3 Å². The Morgan fingerprint density at radius 1 is 1.27 bits per heavy atom. The number of rotatable bonds is 3. The first-order chi connectivity index (χ1) is 10.5. The molecule has 1 saturated heterocycles. The first-order valence-corrected chi connectivity index (χ1v) is 7.78. The van der Waals surface area contributed by atoms with Crippen LogP contribution in [0.4, 0.5) is 0 Å². The summed E-state index contributed by atoms with van der Waals surface area (Å²) >= 11 is 12.3. The molecule has 0 saturated carbocycles. The number of phenolic OH excluding ortho intramolecular Hbond substituents is 1. The highest BCUT2D eigenvalue weighted by atomic mass is 35.5. The molecule has 0 unspecified atom stereocenters. The smallest absolute Gasteiger partial charge is 0.240 e. The van der Waals surface area contributed by atoms with E-state index in [1.807, 2.05) is 11.0 Å². The van der Waals surface area contributed by atoms with Crippen LogP contribution >= 0.6 is 23.2 Å². The fraction of sp³-hybridized carbons (Fsp3) is 0.400. The first kappa shape index (κ1) is 15.6. The second kappa shape index (κ2) is 6.08. The van der Waals surface area contributed by atoms with Gasteiger partial charge in [0.25, 0.3) is 0 Å². The van der Waals surface area contributed by atoms with Gasteiger partial charge in [-0.25, -0.2) is 0 Å². The molecular formula is C15H16Cl2N2O3. The largest absolute Gasteiger partial charge is 0.508 e. The normalized spacial score (nSPS) is 22.0. The number of β-amino-alcohol motifs (C(OH)–C–C–N with tert-alkyl or cyclic N) is 1. The number of aliphatic hydroxyl groups is 1. The number of halogens is 2. The Hall–Kier alpha value is -1.27. The maximum absolute atomic E-state index is 12.2. The molecule has 0 radical (unpaired) electrons. The Labute approximate surface area is 138 Å². The molecule has 0 spiro atoms. The highest BCUT2D eigenvalue weighted by Gasteiger charge is 2.36. The molecule has 7 heteroatoms. The van der Waals surface area contributed by atoms with Crippen LogP contribution in [0.1, 0.15) is 11.5 Å². The number of piperazine rings is 1. The van der Waals surface area contributed by atoms with Crippen molar-refractivity contribution >= 4 is 29.1 Å². The minimum absolute atomic E-state index is 0.00825. The van der Waals surface area contributed by atoms with E-state index in [2.05, 4.69) is 0 Å². The van der Waals surface area contributed by atoms with Crippen LogP contribution in [0.2, 0.25) is 10.0 Å². The van der Waals surface area contributed by atoms with Crippen LogP contribution < -0.4 is 0 Å². The predicted octanol–water partition coefficient (Wildman–Crippen LogP) is 1.82. The van der Waals surface area contributed by atoms with Gasteiger partial charge in [-0.15, -0.1) is 0 Å². The molecule has 0 aromatic heterocycles. The summed E-state index contributed by atoms with van der Waals surface area (Å²) in [6, 6.07) is 3.06. The van der Waals surface area contributed by atoms with Gasteiger partial charge in [-0.05, 0) is 12.1 Å². The summed E-state index contributed by atoms with van der Waals surface area (Å²) in [6.45, 7) is 1.83. The fourth-order valence-corrected chi connectivity index (χ4v) is 3.50. The van der Waals surface area contributed by atoms with Crippen molar-refractivity contribution in [2.45, 2.75) is 5.92 Å². The predicted molar refractivity (Wildman–Crippen MR) is 84.2 cm³/mol. The molecular weight excluding hydrogens is 327 g/mol. The van der Waals surface area contributed by atoms with Gasteiger partial charge in [0.15, 0.2) is 0 Å². The van der Waals surface area contributed by atoms with E-state index in [1.165, 1.54) is 6.07 Å². The molecule has 5 nitrogen and oxygen atoms in total. The van der Waals surface area contributed by atoms with Gasteiger partial charge in [-0.3, -0.25) is 9.69 Å². The number of hydrogen-bond donors (Lipinski definition) is 2. The number of aliphatic hydroxyl groups excluding tert-OH is 1. The molecule has 0 aliphatic carbocycles. The van der Waals surface area contributed by atoms with Gasteiger partial charge < -0.3 is 15.1 Å². The van der Waals surface area contributed by atoms with Crippen molar-refractivity contribution < 1.29 is 15.0 Å². The molecule has 1 aromatic rings. The third kappa shape index (κ3) is 2.70. The summed E-state index contributed by atoms with van der Waals surface area (Å²) in [6.07, 6.45) is 1.94. The van der Waals surface area contributed by atoms with Crippen LogP contribution in [-0.4, -0.2) is 58.7 Å². The lowest BCUT2D eigenvalue weighted by Gasteiger charge is -2.33. The lowest BCUT2D eigenvalue weighted by Crippen LogP contribution is -2.48. The van der Waals surface area contributed by atoms with E-state index in [1.54, 1.807) is 11.0 Å². The summed E-state index contributed by atoms with van der Waals surface area (Å²) in [5.74, 6) is -0.110. The number of fused-ring (bicyclic) bond motifs is 1. The first-order valence-electron chi connectivity index (χ1n) is 7.02. The van der Waals surface area contributed by atoms with Crippen LogP contribution in [0, 0.1) is 0 Å². The molecule has 1 atom stereocenters. The highest BCUT2D eigenvalue weighted by Crippen LogP contribution is 2.42. The summed E-state index contributed by atoms with van der Waals surface area (Å²) < 4.78 is 0. The molecule has 2 heterocycles. The molecule has 22 heavy (non-hydrogen) atoms. The van der Waals surface area contributed by atoms with E-state index in [0.717, 1.165) is 5.70 Å². The maximum Gasteiger partial charge on any atom is 0.240 e. The number of hydrogen-bond acceptors (Lipinski definition) is 4. The number of phenols is 1. The Bertz CT molecular complexity index is 648. The van der Waals surface area contributed by atoms with Gasteiger partial charge >= 0.3 is 0 Å². The van der Waals surface area contributed by atoms with Crippen LogP contribution in [-0.2, 0) is 4.79 Å². The van der Waals surface area contributed by atoms with Gasteiger partial charge in [0.2, 0.25) is 5.91 Å². The number of benzene rings is 1. The summed E-state index contributed by atoms with van der Waals surface area (Å²) in [7, 11) is 0. The van der Waals surface area contributed by atoms with Crippen molar-refractivity contribution in [3.8, 4) is 5.75 Å². The number of nitrogens with zero attached hydrogens (tertiary/aromatic N) is 2. The number of carbonyl (C=O) groups excluding carboxylic acids is 1.